The number of hydrogen-bond donors (Lipinski definition) is 1. The fourth-order valence-corrected chi connectivity index (χ4v) is 3.59. The van der Waals surface area contributed by atoms with E-state index < -0.39 is 0 Å². The number of likely N-dealkylation sites (tertiary alicyclic amines) is 1. The summed E-state index contributed by atoms with van der Waals surface area (Å²) in [6.45, 7) is 7.00. The van der Waals surface area contributed by atoms with Crippen molar-refractivity contribution in [2.45, 2.75) is 33.4 Å². The third-order valence-corrected chi connectivity index (χ3v) is 4.93. The number of benzene rings is 1. The Labute approximate surface area is 163 Å². The molecule has 0 spiro atoms. The van der Waals surface area contributed by atoms with Crippen LogP contribution in [-0.2, 0) is 16.2 Å². The maximum absolute atomic E-state index is 12.0. The molecule has 3 rings (SSSR count). The number of nitrogens with one attached hydrogen (secondary N) is 1. The van der Waals surface area contributed by atoms with E-state index in [9.17, 15) is 4.79 Å². The molecule has 8 heteroatoms. The molecule has 0 aliphatic carbocycles. The van der Waals surface area contributed by atoms with E-state index in [0.29, 0.717) is 30.6 Å². The SMILES string of the molecule is CCOC(=O)[C@H]1CCC[NH+](Cn2nc(-c3ccccc3OCC)oc2=S)C1. The molecule has 146 valence electrons. The minimum Gasteiger partial charge on any atom is -0.493 e. The summed E-state index contributed by atoms with van der Waals surface area (Å²) in [4.78, 5) is 13.6. The molecule has 1 aliphatic rings. The molecule has 7 nitrogen and oxygen atoms in total. The normalized spacial score (nSPS) is 19.6. The molecule has 1 fully saturated rings. The van der Waals surface area contributed by atoms with Gasteiger partial charge >= 0.3 is 5.97 Å². The lowest BCUT2D eigenvalue weighted by Crippen LogP contribution is -3.13. The summed E-state index contributed by atoms with van der Waals surface area (Å²) in [6, 6.07) is 7.61. The van der Waals surface area contributed by atoms with Crippen molar-refractivity contribution in [2.24, 2.45) is 5.92 Å². The fourth-order valence-electron chi connectivity index (χ4n) is 3.41. The Morgan fingerprint density at radius 1 is 1.37 bits per heavy atom. The van der Waals surface area contributed by atoms with Crippen LogP contribution >= 0.6 is 12.2 Å². The average Bonchev–Trinajstić information content (AvgIpc) is 3.03. The second kappa shape index (κ2) is 9.14. The fraction of sp³-hybridized carbons (Fsp3) is 0.526. The van der Waals surface area contributed by atoms with Crippen LogP contribution in [0, 0.1) is 10.8 Å². The first-order chi connectivity index (χ1) is 13.1. The van der Waals surface area contributed by atoms with Gasteiger partial charge in [-0.3, -0.25) is 4.79 Å². The van der Waals surface area contributed by atoms with Crippen LogP contribution in [0.4, 0.5) is 0 Å². The number of para-hydroxylation sites is 1. The summed E-state index contributed by atoms with van der Waals surface area (Å²) < 4.78 is 18.2. The van der Waals surface area contributed by atoms with E-state index in [-0.39, 0.29) is 11.9 Å². The molecule has 1 saturated heterocycles. The minimum absolute atomic E-state index is 0.0621. The number of rotatable bonds is 7. The first-order valence-electron chi connectivity index (χ1n) is 9.42. The predicted octanol–water partition coefficient (Wildman–Crippen LogP) is 2.09. The molecule has 0 saturated carbocycles. The number of nitrogens with zero attached hydrogens (tertiary/aromatic N) is 2. The largest absolute Gasteiger partial charge is 0.493 e. The Morgan fingerprint density at radius 3 is 2.96 bits per heavy atom. The number of carbonyl (C=O) groups excluding carboxylic acids is 1. The first-order valence-corrected chi connectivity index (χ1v) is 9.83. The van der Waals surface area contributed by atoms with E-state index in [1.165, 1.54) is 4.90 Å². The van der Waals surface area contributed by atoms with E-state index in [1.807, 2.05) is 38.1 Å². The molecule has 2 aromatic rings. The monoisotopic (exact) mass is 392 g/mol. The number of piperidine rings is 1. The Bertz CT molecular complexity index is 832. The van der Waals surface area contributed by atoms with Crippen LogP contribution in [0.15, 0.2) is 28.7 Å². The highest BCUT2D eigenvalue weighted by Crippen LogP contribution is 2.28. The number of aromatic nitrogens is 2. The molecule has 1 unspecified atom stereocenters. The van der Waals surface area contributed by atoms with Gasteiger partial charge in [0.05, 0.1) is 31.9 Å². The van der Waals surface area contributed by atoms with Crippen molar-refractivity contribution < 1.29 is 23.6 Å². The third kappa shape index (κ3) is 4.75. The Morgan fingerprint density at radius 2 is 2.19 bits per heavy atom. The second-order valence-corrected chi connectivity index (χ2v) is 6.90. The standard InChI is InChI=1S/C19H25N3O4S/c1-3-24-16-10-6-5-9-15(16)17-20-22(19(27)26-17)13-21-11-7-8-14(12-21)18(23)25-4-2/h5-6,9-10,14H,3-4,7-8,11-13H2,1-2H3/p+1/t14-/m0/s1. The Hall–Kier alpha value is -2.19. The summed E-state index contributed by atoms with van der Waals surface area (Å²) in [7, 11) is 0. The van der Waals surface area contributed by atoms with Crippen LogP contribution in [0.2, 0.25) is 0 Å². The summed E-state index contributed by atoms with van der Waals surface area (Å²) in [5.74, 6) is 0.996. The van der Waals surface area contributed by atoms with Gasteiger partial charge < -0.3 is 18.8 Å². The molecule has 0 bridgehead atoms. The maximum Gasteiger partial charge on any atom is 0.314 e. The molecule has 1 aliphatic heterocycles. The zero-order valence-corrected chi connectivity index (χ0v) is 16.6. The second-order valence-electron chi connectivity index (χ2n) is 6.56. The van der Waals surface area contributed by atoms with Gasteiger partial charge in [0, 0.05) is 0 Å². The minimum atomic E-state index is -0.107. The highest BCUT2D eigenvalue weighted by Gasteiger charge is 2.30. The van der Waals surface area contributed by atoms with E-state index in [0.717, 1.165) is 37.2 Å². The zero-order chi connectivity index (χ0) is 19.2. The van der Waals surface area contributed by atoms with Crippen LogP contribution in [0.5, 0.6) is 5.75 Å². The predicted molar refractivity (Wildman–Crippen MR) is 102 cm³/mol. The zero-order valence-electron chi connectivity index (χ0n) is 15.8. The van der Waals surface area contributed by atoms with Gasteiger partial charge in [-0.15, -0.1) is 5.10 Å². The molecule has 1 aromatic heterocycles. The van der Waals surface area contributed by atoms with Crippen molar-refractivity contribution in [2.75, 3.05) is 26.3 Å². The molecule has 0 amide bonds. The van der Waals surface area contributed by atoms with Crippen LogP contribution < -0.4 is 9.64 Å². The lowest BCUT2D eigenvalue weighted by molar-refractivity contribution is -0.930. The van der Waals surface area contributed by atoms with Crippen molar-refractivity contribution in [3.8, 4) is 17.2 Å². The van der Waals surface area contributed by atoms with Crippen LogP contribution in [0.3, 0.4) is 0 Å². The molecule has 1 aromatic carbocycles. The van der Waals surface area contributed by atoms with Crippen molar-refractivity contribution in [3.63, 3.8) is 0 Å². The molecule has 0 radical (unpaired) electrons. The highest BCUT2D eigenvalue weighted by molar-refractivity contribution is 7.71. The molecular formula is C19H26N3O4S+. The number of carbonyl (C=O) groups is 1. The molecular weight excluding hydrogens is 366 g/mol. The van der Waals surface area contributed by atoms with Crippen molar-refractivity contribution >= 4 is 18.2 Å². The molecule has 2 atom stereocenters. The Balaban J connectivity index is 1.74. The summed E-state index contributed by atoms with van der Waals surface area (Å²) >= 11 is 5.36. The topological polar surface area (TPSA) is 70.9 Å². The lowest BCUT2D eigenvalue weighted by Gasteiger charge is -2.28. The van der Waals surface area contributed by atoms with Gasteiger partial charge in [-0.05, 0) is 51.0 Å². The van der Waals surface area contributed by atoms with Crippen LogP contribution in [0.1, 0.15) is 26.7 Å². The number of hydrogen-bond acceptors (Lipinski definition) is 6. The molecule has 2 heterocycles. The van der Waals surface area contributed by atoms with E-state index in [1.54, 1.807) is 4.68 Å². The lowest BCUT2D eigenvalue weighted by atomic mass is 9.99. The van der Waals surface area contributed by atoms with Gasteiger partial charge in [0.2, 0.25) is 0 Å². The van der Waals surface area contributed by atoms with Crippen LogP contribution in [-0.4, -0.2) is 42.1 Å². The quantitative estimate of drug-likeness (QED) is 0.575. The first kappa shape index (κ1) is 19.6. The van der Waals surface area contributed by atoms with Gasteiger partial charge in [-0.2, -0.15) is 4.68 Å². The number of ether oxygens (including phenoxy) is 2. The van der Waals surface area contributed by atoms with Crippen molar-refractivity contribution in [3.05, 3.63) is 29.1 Å². The van der Waals surface area contributed by atoms with Gasteiger partial charge in [-0.1, -0.05) is 12.1 Å². The smallest absolute Gasteiger partial charge is 0.314 e. The molecule has 27 heavy (non-hydrogen) atoms. The van der Waals surface area contributed by atoms with Gasteiger partial charge in [0.1, 0.15) is 11.7 Å². The van der Waals surface area contributed by atoms with Crippen molar-refractivity contribution in [1.82, 2.24) is 9.78 Å². The van der Waals surface area contributed by atoms with E-state index in [4.69, 9.17) is 26.1 Å². The van der Waals surface area contributed by atoms with Gasteiger partial charge in [0.15, 0.2) is 6.67 Å². The molecule has 1 N–H and O–H groups in total. The summed E-state index contributed by atoms with van der Waals surface area (Å²) in [6.07, 6.45) is 1.85. The third-order valence-electron chi connectivity index (χ3n) is 4.63. The van der Waals surface area contributed by atoms with Crippen LogP contribution in [0.25, 0.3) is 11.5 Å². The van der Waals surface area contributed by atoms with Gasteiger partial charge in [-0.25, -0.2) is 0 Å². The highest BCUT2D eigenvalue weighted by atomic mass is 32.1. The Kier molecular flexibility index (Phi) is 6.63. The number of esters is 1. The van der Waals surface area contributed by atoms with E-state index >= 15 is 0 Å². The number of quaternary nitrogens is 1. The summed E-state index contributed by atoms with van der Waals surface area (Å²) in [5, 5.41) is 4.55. The summed E-state index contributed by atoms with van der Waals surface area (Å²) in [5.41, 5.74) is 0.780. The van der Waals surface area contributed by atoms with E-state index in [2.05, 4.69) is 5.10 Å². The average molecular weight is 393 g/mol. The van der Waals surface area contributed by atoms with Gasteiger partial charge in [0.25, 0.3) is 10.7 Å². The maximum atomic E-state index is 12.0. The van der Waals surface area contributed by atoms with Crippen molar-refractivity contribution in [1.29, 1.82) is 0 Å².